The van der Waals surface area contributed by atoms with Crippen molar-refractivity contribution >= 4 is 17.5 Å². The minimum Gasteiger partial charge on any atom is -0.352 e. The summed E-state index contributed by atoms with van der Waals surface area (Å²) >= 11 is 5.93. The molecule has 0 aliphatic carbocycles. The number of nitrogens with one attached hydrogen (secondary N) is 1. The van der Waals surface area contributed by atoms with E-state index in [1.54, 1.807) is 16.9 Å². The van der Waals surface area contributed by atoms with Gasteiger partial charge in [0.25, 0.3) is 0 Å². The van der Waals surface area contributed by atoms with Crippen LogP contribution in [0.1, 0.15) is 11.1 Å². The Morgan fingerprint density at radius 2 is 1.96 bits per heavy atom. The summed E-state index contributed by atoms with van der Waals surface area (Å²) in [6.45, 7) is 0.317. The van der Waals surface area contributed by atoms with Gasteiger partial charge in [0.1, 0.15) is 5.82 Å². The van der Waals surface area contributed by atoms with E-state index in [0.717, 1.165) is 11.3 Å². The second-order valence-electron chi connectivity index (χ2n) is 5.28. The third kappa shape index (κ3) is 3.81. The Hall–Kier alpha value is -2.66. The Labute approximate surface area is 143 Å². The maximum absolute atomic E-state index is 13.7. The van der Waals surface area contributed by atoms with Crippen molar-refractivity contribution in [2.75, 3.05) is 0 Å². The highest BCUT2D eigenvalue weighted by atomic mass is 35.5. The molecule has 1 heterocycles. The summed E-state index contributed by atoms with van der Waals surface area (Å²) in [6.07, 6.45) is 3.42. The molecule has 0 spiro atoms. The standard InChI is InChI=1S/C18H15ClFN3O/c19-16-7-4-8-17(20)15(16)9-18(24)21-10-13-11-22-23(12-13)14-5-2-1-3-6-14/h1-8,11-12H,9-10H2,(H,21,24). The fourth-order valence-corrected chi connectivity index (χ4v) is 2.53. The van der Waals surface area contributed by atoms with Gasteiger partial charge in [0.15, 0.2) is 0 Å². The zero-order valence-electron chi connectivity index (χ0n) is 12.7. The number of carbonyl (C=O) groups is 1. The summed E-state index contributed by atoms with van der Waals surface area (Å²) in [4.78, 5) is 12.0. The van der Waals surface area contributed by atoms with Crippen molar-refractivity contribution in [1.82, 2.24) is 15.1 Å². The number of amides is 1. The van der Waals surface area contributed by atoms with E-state index in [-0.39, 0.29) is 22.9 Å². The number of aromatic nitrogens is 2. The lowest BCUT2D eigenvalue weighted by molar-refractivity contribution is -0.120. The van der Waals surface area contributed by atoms with Crippen LogP contribution in [0, 0.1) is 5.82 Å². The van der Waals surface area contributed by atoms with Gasteiger partial charge in [0.2, 0.25) is 5.91 Å². The third-order valence-electron chi connectivity index (χ3n) is 3.55. The van der Waals surface area contributed by atoms with Crippen molar-refractivity contribution < 1.29 is 9.18 Å². The van der Waals surface area contributed by atoms with E-state index in [0.29, 0.717) is 6.54 Å². The maximum atomic E-state index is 13.7. The molecule has 2 aromatic carbocycles. The lowest BCUT2D eigenvalue weighted by Gasteiger charge is -2.06. The van der Waals surface area contributed by atoms with E-state index < -0.39 is 5.82 Å². The first-order valence-electron chi connectivity index (χ1n) is 7.42. The van der Waals surface area contributed by atoms with Crippen molar-refractivity contribution in [3.8, 4) is 5.69 Å². The van der Waals surface area contributed by atoms with Crippen molar-refractivity contribution in [3.05, 3.63) is 82.9 Å². The quantitative estimate of drug-likeness (QED) is 0.770. The average molecular weight is 344 g/mol. The summed E-state index contributed by atoms with van der Waals surface area (Å²) in [5, 5.41) is 7.26. The van der Waals surface area contributed by atoms with Gasteiger partial charge < -0.3 is 5.32 Å². The number of halogens is 2. The molecule has 0 radical (unpaired) electrons. The zero-order chi connectivity index (χ0) is 16.9. The highest BCUT2D eigenvalue weighted by molar-refractivity contribution is 6.31. The van der Waals surface area contributed by atoms with E-state index in [2.05, 4.69) is 10.4 Å². The molecule has 0 atom stereocenters. The van der Waals surface area contributed by atoms with Gasteiger partial charge in [-0.1, -0.05) is 35.9 Å². The molecular weight excluding hydrogens is 329 g/mol. The van der Waals surface area contributed by atoms with Crippen LogP contribution in [0.3, 0.4) is 0 Å². The van der Waals surface area contributed by atoms with Crippen LogP contribution in [0.25, 0.3) is 5.69 Å². The van der Waals surface area contributed by atoms with Gasteiger partial charge >= 0.3 is 0 Å². The Bertz CT molecular complexity index is 828. The summed E-state index contributed by atoms with van der Waals surface area (Å²) in [5.41, 5.74) is 2.00. The maximum Gasteiger partial charge on any atom is 0.224 e. The fraction of sp³-hybridized carbons (Fsp3) is 0.111. The number of rotatable bonds is 5. The zero-order valence-corrected chi connectivity index (χ0v) is 13.5. The van der Waals surface area contributed by atoms with Crippen LogP contribution < -0.4 is 5.32 Å². The molecule has 0 saturated carbocycles. The summed E-state index contributed by atoms with van der Waals surface area (Å²) in [7, 11) is 0. The van der Waals surface area contributed by atoms with E-state index in [1.165, 1.54) is 12.1 Å². The van der Waals surface area contributed by atoms with E-state index >= 15 is 0 Å². The van der Waals surface area contributed by atoms with Gasteiger partial charge in [0, 0.05) is 28.9 Å². The summed E-state index contributed by atoms with van der Waals surface area (Å²) < 4.78 is 15.4. The number of nitrogens with zero attached hydrogens (tertiary/aromatic N) is 2. The first-order chi connectivity index (χ1) is 11.6. The van der Waals surface area contributed by atoms with Crippen LogP contribution in [-0.2, 0) is 17.8 Å². The predicted octanol–water partition coefficient (Wildman–Crippen LogP) is 3.52. The van der Waals surface area contributed by atoms with Crippen molar-refractivity contribution in [2.45, 2.75) is 13.0 Å². The minimum absolute atomic E-state index is 0.0989. The van der Waals surface area contributed by atoms with E-state index in [4.69, 9.17) is 11.6 Å². The SMILES string of the molecule is O=C(Cc1c(F)cccc1Cl)NCc1cnn(-c2ccccc2)c1. The molecule has 4 nitrogen and oxygen atoms in total. The monoisotopic (exact) mass is 343 g/mol. The minimum atomic E-state index is -0.477. The van der Waals surface area contributed by atoms with Crippen molar-refractivity contribution in [1.29, 1.82) is 0 Å². The molecule has 122 valence electrons. The van der Waals surface area contributed by atoms with Crippen LogP contribution in [0.5, 0.6) is 0 Å². The van der Waals surface area contributed by atoms with Crippen LogP contribution >= 0.6 is 11.6 Å². The molecule has 1 amide bonds. The summed E-state index contributed by atoms with van der Waals surface area (Å²) in [5.74, 6) is -0.774. The van der Waals surface area contributed by atoms with Gasteiger partial charge in [-0.15, -0.1) is 0 Å². The molecule has 1 aromatic heterocycles. The first-order valence-corrected chi connectivity index (χ1v) is 7.80. The first kappa shape index (κ1) is 16.2. The molecule has 0 aliphatic heterocycles. The lowest BCUT2D eigenvalue weighted by atomic mass is 10.1. The Balaban J connectivity index is 1.60. The topological polar surface area (TPSA) is 46.9 Å². The smallest absolute Gasteiger partial charge is 0.224 e. The second-order valence-corrected chi connectivity index (χ2v) is 5.69. The number of carbonyl (C=O) groups excluding carboxylic acids is 1. The van der Waals surface area contributed by atoms with Gasteiger partial charge in [-0.25, -0.2) is 9.07 Å². The largest absolute Gasteiger partial charge is 0.352 e. The average Bonchev–Trinajstić information content (AvgIpc) is 3.06. The third-order valence-corrected chi connectivity index (χ3v) is 3.90. The van der Waals surface area contributed by atoms with Crippen molar-refractivity contribution in [2.24, 2.45) is 0 Å². The molecule has 0 saturated heterocycles. The number of benzene rings is 2. The van der Waals surface area contributed by atoms with E-state index in [1.807, 2.05) is 36.5 Å². The molecule has 0 aliphatic rings. The van der Waals surface area contributed by atoms with Crippen LogP contribution in [0.2, 0.25) is 5.02 Å². The number of para-hydroxylation sites is 1. The highest BCUT2D eigenvalue weighted by Gasteiger charge is 2.12. The molecular formula is C18H15ClFN3O. The van der Waals surface area contributed by atoms with Crippen molar-refractivity contribution in [3.63, 3.8) is 0 Å². The second kappa shape index (κ2) is 7.27. The normalized spacial score (nSPS) is 10.6. The summed E-state index contributed by atoms with van der Waals surface area (Å²) in [6, 6.07) is 14.0. The van der Waals surface area contributed by atoms with Crippen LogP contribution in [0.4, 0.5) is 4.39 Å². The van der Waals surface area contributed by atoms with Gasteiger partial charge in [-0.3, -0.25) is 4.79 Å². The molecule has 3 rings (SSSR count). The lowest BCUT2D eigenvalue weighted by Crippen LogP contribution is -2.24. The predicted molar refractivity (Wildman–Crippen MR) is 90.5 cm³/mol. The molecule has 0 bridgehead atoms. The van der Waals surface area contributed by atoms with Gasteiger partial charge in [-0.05, 0) is 24.3 Å². The molecule has 1 N–H and O–H groups in total. The fourth-order valence-electron chi connectivity index (χ4n) is 2.30. The number of hydrogen-bond donors (Lipinski definition) is 1. The molecule has 6 heteroatoms. The molecule has 24 heavy (non-hydrogen) atoms. The van der Waals surface area contributed by atoms with Gasteiger partial charge in [-0.2, -0.15) is 5.10 Å². The Kier molecular flexibility index (Phi) is 4.91. The molecule has 0 unspecified atom stereocenters. The molecule has 0 fully saturated rings. The highest BCUT2D eigenvalue weighted by Crippen LogP contribution is 2.19. The van der Waals surface area contributed by atoms with Crippen LogP contribution in [-0.4, -0.2) is 15.7 Å². The van der Waals surface area contributed by atoms with E-state index in [9.17, 15) is 9.18 Å². The Morgan fingerprint density at radius 1 is 1.17 bits per heavy atom. The molecule has 3 aromatic rings. The van der Waals surface area contributed by atoms with Gasteiger partial charge in [0.05, 0.1) is 18.3 Å². The van der Waals surface area contributed by atoms with Crippen LogP contribution in [0.15, 0.2) is 60.9 Å². The number of hydrogen-bond acceptors (Lipinski definition) is 2. The Morgan fingerprint density at radius 3 is 2.71 bits per heavy atom.